The van der Waals surface area contributed by atoms with Crippen molar-refractivity contribution in [1.29, 1.82) is 0 Å². The van der Waals surface area contributed by atoms with Gasteiger partial charge in [0.25, 0.3) is 0 Å². The zero-order valence-electron chi connectivity index (χ0n) is 13.5. The van der Waals surface area contributed by atoms with Crippen LogP contribution in [0.1, 0.15) is 33.1 Å². The van der Waals surface area contributed by atoms with Crippen LogP contribution in [0.2, 0.25) is 0 Å². The topological polar surface area (TPSA) is 30.5 Å². The second-order valence-electron chi connectivity index (χ2n) is 5.79. The van der Waals surface area contributed by atoms with Crippen LogP contribution < -0.4 is 10.1 Å². The van der Waals surface area contributed by atoms with Crippen LogP contribution in [-0.2, 0) is 4.74 Å². The highest BCUT2D eigenvalue weighted by Gasteiger charge is 2.22. The van der Waals surface area contributed by atoms with E-state index in [9.17, 15) is 0 Å². The Morgan fingerprint density at radius 1 is 1.24 bits per heavy atom. The fourth-order valence-electron chi connectivity index (χ4n) is 2.44. The van der Waals surface area contributed by atoms with E-state index in [0.717, 1.165) is 42.9 Å². The van der Waals surface area contributed by atoms with Gasteiger partial charge in [-0.2, -0.15) is 0 Å². The summed E-state index contributed by atoms with van der Waals surface area (Å²) in [5, 5.41) is 3.48. The van der Waals surface area contributed by atoms with Gasteiger partial charge in [-0.25, -0.2) is 0 Å². The van der Waals surface area contributed by atoms with Crippen LogP contribution in [-0.4, -0.2) is 33.4 Å². The lowest BCUT2D eigenvalue weighted by Crippen LogP contribution is -2.34. The highest BCUT2D eigenvalue weighted by Crippen LogP contribution is 2.27. The molecule has 0 fully saturated rings. The Balaban J connectivity index is 2.38. The molecule has 3 nitrogen and oxygen atoms in total. The first-order valence-electron chi connectivity index (χ1n) is 7.67. The lowest BCUT2D eigenvalue weighted by molar-refractivity contribution is 0.172. The van der Waals surface area contributed by atoms with Gasteiger partial charge in [0.1, 0.15) is 5.75 Å². The molecular weight excluding hydrogens is 330 g/mol. The molecule has 0 aliphatic heterocycles. The molecule has 0 spiro atoms. The van der Waals surface area contributed by atoms with Gasteiger partial charge in [0.05, 0.1) is 13.2 Å². The largest absolute Gasteiger partial charge is 0.494 e. The summed E-state index contributed by atoms with van der Waals surface area (Å²) in [4.78, 5) is 0. The molecule has 1 rings (SSSR count). The fraction of sp³-hybridized carbons (Fsp3) is 0.647. The summed E-state index contributed by atoms with van der Waals surface area (Å²) in [5.41, 5.74) is 0.272. The fourth-order valence-corrected chi connectivity index (χ4v) is 2.82. The maximum absolute atomic E-state index is 5.87. The minimum absolute atomic E-state index is 0.272. The molecule has 4 heteroatoms. The molecule has 1 aromatic rings. The number of halogens is 1. The summed E-state index contributed by atoms with van der Waals surface area (Å²) in [7, 11) is 1.73. The molecule has 1 atom stereocenters. The standard InChI is InChI=1S/C17H28BrNO2/c1-4-8-17(2,14-19-10-12-20-3)9-11-21-16-7-5-6-15(18)13-16/h5-7,13,19H,4,8-12,14H2,1-3H3. The van der Waals surface area contributed by atoms with Crippen molar-refractivity contribution in [2.75, 3.05) is 33.4 Å². The average molecular weight is 358 g/mol. The number of hydrogen-bond donors (Lipinski definition) is 1. The molecule has 1 unspecified atom stereocenters. The Hall–Kier alpha value is -0.580. The van der Waals surface area contributed by atoms with Crippen LogP contribution in [0.25, 0.3) is 0 Å². The van der Waals surface area contributed by atoms with Crippen molar-refractivity contribution >= 4 is 15.9 Å². The number of benzene rings is 1. The van der Waals surface area contributed by atoms with Crippen molar-refractivity contribution < 1.29 is 9.47 Å². The van der Waals surface area contributed by atoms with Gasteiger partial charge in [0, 0.05) is 24.7 Å². The first-order valence-corrected chi connectivity index (χ1v) is 8.47. The Morgan fingerprint density at radius 2 is 2.05 bits per heavy atom. The Bertz CT molecular complexity index is 400. The van der Waals surface area contributed by atoms with Crippen LogP contribution in [0.5, 0.6) is 5.75 Å². The zero-order valence-corrected chi connectivity index (χ0v) is 15.0. The van der Waals surface area contributed by atoms with Gasteiger partial charge in [0.2, 0.25) is 0 Å². The Morgan fingerprint density at radius 3 is 2.71 bits per heavy atom. The predicted molar refractivity (Wildman–Crippen MR) is 92.0 cm³/mol. The smallest absolute Gasteiger partial charge is 0.120 e. The van der Waals surface area contributed by atoms with E-state index in [2.05, 4.69) is 35.1 Å². The molecule has 0 bridgehead atoms. The number of ether oxygens (including phenoxy) is 2. The van der Waals surface area contributed by atoms with E-state index < -0.39 is 0 Å². The third-order valence-electron chi connectivity index (χ3n) is 3.66. The second-order valence-corrected chi connectivity index (χ2v) is 6.70. The van der Waals surface area contributed by atoms with E-state index >= 15 is 0 Å². The summed E-state index contributed by atoms with van der Waals surface area (Å²) < 4.78 is 12.0. The van der Waals surface area contributed by atoms with Gasteiger partial charge in [-0.3, -0.25) is 0 Å². The number of hydrogen-bond acceptors (Lipinski definition) is 3. The van der Waals surface area contributed by atoms with Crippen LogP contribution in [0.4, 0.5) is 0 Å². The minimum atomic E-state index is 0.272. The lowest BCUT2D eigenvalue weighted by atomic mass is 9.82. The first kappa shape index (κ1) is 18.5. The minimum Gasteiger partial charge on any atom is -0.494 e. The molecule has 0 amide bonds. The number of nitrogens with one attached hydrogen (secondary N) is 1. The van der Waals surface area contributed by atoms with Crippen LogP contribution in [0.15, 0.2) is 28.7 Å². The third kappa shape index (κ3) is 7.84. The summed E-state index contributed by atoms with van der Waals surface area (Å²) in [5.74, 6) is 0.926. The van der Waals surface area contributed by atoms with Gasteiger partial charge in [0.15, 0.2) is 0 Å². The molecule has 1 N–H and O–H groups in total. The zero-order chi connectivity index (χ0) is 15.6. The molecule has 0 saturated heterocycles. The molecule has 0 saturated carbocycles. The van der Waals surface area contributed by atoms with Gasteiger partial charge >= 0.3 is 0 Å². The van der Waals surface area contributed by atoms with E-state index in [1.165, 1.54) is 12.8 Å². The molecule has 0 radical (unpaired) electrons. The molecule has 0 aromatic heterocycles. The quantitative estimate of drug-likeness (QED) is 0.600. The normalized spacial score (nSPS) is 13.9. The SMILES string of the molecule is CCCC(C)(CCOc1cccc(Br)c1)CNCCOC. The molecule has 120 valence electrons. The molecule has 0 aliphatic rings. The van der Waals surface area contributed by atoms with E-state index in [1.54, 1.807) is 7.11 Å². The maximum Gasteiger partial charge on any atom is 0.120 e. The van der Waals surface area contributed by atoms with Crippen molar-refractivity contribution in [2.24, 2.45) is 5.41 Å². The van der Waals surface area contributed by atoms with Crippen molar-refractivity contribution in [3.63, 3.8) is 0 Å². The highest BCUT2D eigenvalue weighted by atomic mass is 79.9. The van der Waals surface area contributed by atoms with E-state index in [4.69, 9.17) is 9.47 Å². The Kier molecular flexibility index (Phi) is 8.97. The lowest BCUT2D eigenvalue weighted by Gasteiger charge is -2.29. The molecule has 0 aliphatic carbocycles. The van der Waals surface area contributed by atoms with Crippen LogP contribution in [0, 0.1) is 5.41 Å². The Labute approximate surface area is 137 Å². The van der Waals surface area contributed by atoms with E-state index in [0.29, 0.717) is 0 Å². The second kappa shape index (κ2) is 10.2. The van der Waals surface area contributed by atoms with E-state index in [1.807, 2.05) is 24.3 Å². The van der Waals surface area contributed by atoms with Crippen molar-refractivity contribution in [1.82, 2.24) is 5.32 Å². The van der Waals surface area contributed by atoms with Gasteiger partial charge in [-0.1, -0.05) is 42.3 Å². The van der Waals surface area contributed by atoms with Gasteiger partial charge in [-0.05, 0) is 36.5 Å². The monoisotopic (exact) mass is 357 g/mol. The van der Waals surface area contributed by atoms with Gasteiger partial charge in [-0.15, -0.1) is 0 Å². The molecular formula is C17H28BrNO2. The first-order chi connectivity index (χ1) is 10.1. The summed E-state index contributed by atoms with van der Waals surface area (Å²) in [6.45, 7) is 7.99. The van der Waals surface area contributed by atoms with E-state index in [-0.39, 0.29) is 5.41 Å². The summed E-state index contributed by atoms with van der Waals surface area (Å²) >= 11 is 3.47. The summed E-state index contributed by atoms with van der Waals surface area (Å²) in [6, 6.07) is 8.01. The van der Waals surface area contributed by atoms with Crippen LogP contribution in [0.3, 0.4) is 0 Å². The average Bonchev–Trinajstić information content (AvgIpc) is 2.44. The highest BCUT2D eigenvalue weighted by molar-refractivity contribution is 9.10. The van der Waals surface area contributed by atoms with Crippen molar-refractivity contribution in [3.05, 3.63) is 28.7 Å². The third-order valence-corrected chi connectivity index (χ3v) is 4.15. The van der Waals surface area contributed by atoms with Crippen molar-refractivity contribution in [2.45, 2.75) is 33.1 Å². The predicted octanol–water partition coefficient (Wildman–Crippen LogP) is 4.26. The number of methoxy groups -OCH3 is 1. The number of rotatable bonds is 11. The molecule has 1 aromatic carbocycles. The van der Waals surface area contributed by atoms with Crippen LogP contribution >= 0.6 is 15.9 Å². The molecule has 21 heavy (non-hydrogen) atoms. The van der Waals surface area contributed by atoms with Crippen molar-refractivity contribution in [3.8, 4) is 5.75 Å². The summed E-state index contributed by atoms with van der Waals surface area (Å²) in [6.07, 6.45) is 3.45. The maximum atomic E-state index is 5.87. The van der Waals surface area contributed by atoms with Gasteiger partial charge < -0.3 is 14.8 Å². The molecule has 0 heterocycles.